The summed E-state index contributed by atoms with van der Waals surface area (Å²) in [6, 6.07) is 0. The Morgan fingerprint density at radius 3 is 2.56 bits per heavy atom. The van der Waals surface area contributed by atoms with Crippen molar-refractivity contribution in [3.05, 3.63) is 24.5 Å². The number of rotatable bonds is 3. The molecule has 0 bridgehead atoms. The van der Waals surface area contributed by atoms with Gasteiger partial charge >= 0.3 is 0 Å². The molecule has 0 N–H and O–H groups in total. The largest absolute Gasteiger partial charge is 0.329 e. The van der Waals surface area contributed by atoms with Crippen molar-refractivity contribution >= 4 is 7.37 Å². The van der Waals surface area contributed by atoms with Gasteiger partial charge in [-0.3, -0.25) is 4.57 Å². The summed E-state index contributed by atoms with van der Waals surface area (Å²) in [6.07, 6.45) is 3.18. The van der Waals surface area contributed by atoms with Crippen molar-refractivity contribution in [3.8, 4) is 0 Å². The van der Waals surface area contributed by atoms with E-state index >= 15 is 0 Å². The van der Waals surface area contributed by atoms with Gasteiger partial charge in [0.1, 0.15) is 0 Å². The van der Waals surface area contributed by atoms with Crippen LogP contribution in [0.15, 0.2) is 24.5 Å². The maximum Gasteiger partial charge on any atom is 0.221 e. The molecular weight excluding hydrogens is 135 g/mol. The van der Waals surface area contributed by atoms with Crippen molar-refractivity contribution in [2.75, 3.05) is 13.8 Å². The van der Waals surface area contributed by atoms with Gasteiger partial charge in [-0.15, -0.1) is 0 Å². The van der Waals surface area contributed by atoms with Crippen LogP contribution in [0.2, 0.25) is 0 Å². The van der Waals surface area contributed by atoms with Gasteiger partial charge in [-0.05, 0) is 0 Å². The summed E-state index contributed by atoms with van der Waals surface area (Å²) in [5.41, 5.74) is 0. The molecule has 9 heavy (non-hydrogen) atoms. The monoisotopic (exact) mass is 146 g/mol. The number of hydrogen-bond donors (Lipinski definition) is 0. The summed E-state index contributed by atoms with van der Waals surface area (Å²) in [7, 11) is -1.02. The zero-order valence-corrected chi connectivity index (χ0v) is 6.60. The fourth-order valence-electron chi connectivity index (χ4n) is 0.278. The lowest BCUT2D eigenvalue weighted by Gasteiger charge is -2.01. The van der Waals surface area contributed by atoms with Crippen molar-refractivity contribution in [2.45, 2.75) is 0 Å². The lowest BCUT2D eigenvalue weighted by atomic mass is 10.6. The molecule has 52 valence electrons. The first-order valence-electron chi connectivity index (χ1n) is 2.55. The highest BCUT2D eigenvalue weighted by Gasteiger charge is 2.05. The minimum absolute atomic E-state index is 1.42. The molecule has 0 saturated carbocycles. The molecule has 1 unspecified atom stereocenters. The fraction of sp³-hybridized carbons (Fsp3) is 0.333. The summed E-state index contributed by atoms with van der Waals surface area (Å²) in [4.78, 5) is 0. The van der Waals surface area contributed by atoms with E-state index in [1.807, 2.05) is 0 Å². The van der Waals surface area contributed by atoms with Crippen LogP contribution in [-0.2, 0) is 9.09 Å². The van der Waals surface area contributed by atoms with Crippen molar-refractivity contribution in [2.24, 2.45) is 0 Å². The Bertz CT molecular complexity index is 160. The molecule has 0 aliphatic heterocycles. The molecule has 1 atom stereocenters. The summed E-state index contributed by atoms with van der Waals surface area (Å²) in [5.74, 6) is 1.51. The topological polar surface area (TPSA) is 26.3 Å². The Kier molecular flexibility index (Phi) is 3.52. The maximum absolute atomic E-state index is 11.0. The smallest absolute Gasteiger partial charge is 0.221 e. The summed E-state index contributed by atoms with van der Waals surface area (Å²) >= 11 is 0. The minimum atomic E-state index is -2.44. The van der Waals surface area contributed by atoms with E-state index in [0.29, 0.717) is 0 Å². The van der Waals surface area contributed by atoms with Crippen molar-refractivity contribution < 1.29 is 9.09 Å². The molecule has 0 spiro atoms. The van der Waals surface area contributed by atoms with Crippen molar-refractivity contribution in [1.82, 2.24) is 0 Å². The molecule has 0 aromatic heterocycles. The molecule has 0 aliphatic carbocycles. The third-order valence-corrected chi connectivity index (χ3v) is 2.29. The summed E-state index contributed by atoms with van der Waals surface area (Å²) in [6.45, 7) is 4.98. The standard InChI is InChI=1S/C6H11O2P/c1-4-5-6-9(3,7)8-2/h4-6H,1H2,2-3H3/b6-5+. The van der Waals surface area contributed by atoms with Crippen LogP contribution in [0.25, 0.3) is 0 Å². The fourth-order valence-corrected chi connectivity index (χ4v) is 0.834. The maximum atomic E-state index is 11.0. The van der Waals surface area contributed by atoms with Crippen LogP contribution >= 0.6 is 7.37 Å². The molecule has 0 radical (unpaired) electrons. The highest BCUT2D eigenvalue weighted by Crippen LogP contribution is 2.42. The quantitative estimate of drug-likeness (QED) is 0.450. The molecule has 0 heterocycles. The molecule has 0 aliphatic rings. The average Bonchev–Trinajstić information content (AvgIpc) is 1.84. The lowest BCUT2D eigenvalue weighted by molar-refractivity contribution is 0.407. The third-order valence-electron chi connectivity index (χ3n) is 0.855. The number of hydrogen-bond acceptors (Lipinski definition) is 2. The second-order valence-corrected chi connectivity index (χ2v) is 4.15. The van der Waals surface area contributed by atoms with E-state index in [0.717, 1.165) is 0 Å². The van der Waals surface area contributed by atoms with Gasteiger partial charge in [0.15, 0.2) is 0 Å². The predicted molar refractivity (Wildman–Crippen MR) is 39.9 cm³/mol. The van der Waals surface area contributed by atoms with E-state index in [1.165, 1.54) is 12.9 Å². The van der Waals surface area contributed by atoms with Gasteiger partial charge in [0.25, 0.3) is 0 Å². The van der Waals surface area contributed by atoms with Crippen LogP contribution in [0.5, 0.6) is 0 Å². The van der Waals surface area contributed by atoms with E-state index in [2.05, 4.69) is 11.1 Å². The highest BCUT2D eigenvalue weighted by atomic mass is 31.2. The van der Waals surface area contributed by atoms with Gasteiger partial charge in [0, 0.05) is 19.6 Å². The second-order valence-electron chi connectivity index (χ2n) is 1.67. The van der Waals surface area contributed by atoms with Crippen LogP contribution in [-0.4, -0.2) is 13.8 Å². The van der Waals surface area contributed by atoms with E-state index in [9.17, 15) is 4.57 Å². The second kappa shape index (κ2) is 3.65. The van der Waals surface area contributed by atoms with Crippen LogP contribution in [0.3, 0.4) is 0 Å². The Labute approximate surface area is 55.7 Å². The summed E-state index contributed by atoms with van der Waals surface area (Å²) < 4.78 is 15.6. The van der Waals surface area contributed by atoms with Gasteiger partial charge in [-0.2, -0.15) is 0 Å². The normalized spacial score (nSPS) is 17.6. The van der Waals surface area contributed by atoms with Crippen LogP contribution in [0.1, 0.15) is 0 Å². The molecule has 0 aromatic carbocycles. The Morgan fingerprint density at radius 1 is 1.67 bits per heavy atom. The molecule has 0 amide bonds. The first-order valence-corrected chi connectivity index (χ1v) is 4.69. The van der Waals surface area contributed by atoms with Crippen molar-refractivity contribution in [3.63, 3.8) is 0 Å². The van der Waals surface area contributed by atoms with E-state index in [4.69, 9.17) is 0 Å². The SMILES string of the molecule is C=C/C=C/P(C)(=O)OC. The lowest BCUT2D eigenvalue weighted by Crippen LogP contribution is -1.74. The van der Waals surface area contributed by atoms with E-state index < -0.39 is 7.37 Å². The highest BCUT2D eigenvalue weighted by molar-refractivity contribution is 7.61. The zero-order valence-electron chi connectivity index (χ0n) is 5.70. The van der Waals surface area contributed by atoms with Crippen LogP contribution in [0.4, 0.5) is 0 Å². The van der Waals surface area contributed by atoms with Gasteiger partial charge < -0.3 is 4.52 Å². The zero-order chi connectivity index (χ0) is 7.33. The molecular formula is C6H11O2P. The molecule has 0 saturated heterocycles. The Morgan fingerprint density at radius 2 is 2.22 bits per heavy atom. The first kappa shape index (κ1) is 8.67. The van der Waals surface area contributed by atoms with Gasteiger partial charge in [-0.25, -0.2) is 0 Å². The first-order chi connectivity index (χ1) is 4.12. The van der Waals surface area contributed by atoms with Crippen molar-refractivity contribution in [1.29, 1.82) is 0 Å². The van der Waals surface area contributed by atoms with Gasteiger partial charge in [0.2, 0.25) is 7.37 Å². The van der Waals surface area contributed by atoms with Crippen LogP contribution < -0.4 is 0 Å². The Balaban J connectivity index is 4.01. The van der Waals surface area contributed by atoms with Gasteiger partial charge in [-0.1, -0.05) is 18.7 Å². The predicted octanol–water partition coefficient (Wildman–Crippen LogP) is 2.24. The molecule has 0 rings (SSSR count). The van der Waals surface area contributed by atoms with E-state index in [1.54, 1.807) is 18.8 Å². The third kappa shape index (κ3) is 4.19. The molecule has 0 aromatic rings. The molecule has 3 heteroatoms. The van der Waals surface area contributed by atoms with Gasteiger partial charge in [0.05, 0.1) is 0 Å². The average molecular weight is 146 g/mol. The number of allylic oxidation sites excluding steroid dienone is 2. The summed E-state index contributed by atoms with van der Waals surface area (Å²) in [5, 5.41) is 0. The minimum Gasteiger partial charge on any atom is -0.329 e. The molecule has 2 nitrogen and oxygen atoms in total. The Hall–Kier alpha value is -0.330. The molecule has 0 fully saturated rings. The van der Waals surface area contributed by atoms with E-state index in [-0.39, 0.29) is 0 Å². The van der Waals surface area contributed by atoms with Crippen LogP contribution in [0, 0.1) is 0 Å².